The van der Waals surface area contributed by atoms with Crippen molar-refractivity contribution in [3.8, 4) is 0 Å². The van der Waals surface area contributed by atoms with Gasteiger partial charge >= 0.3 is 5.97 Å². The Morgan fingerprint density at radius 1 is 1.00 bits per heavy atom. The molecular formula is C29H45NO2S. The average Bonchev–Trinajstić information content (AvgIpc) is 3.53. The van der Waals surface area contributed by atoms with Crippen molar-refractivity contribution in [3.63, 3.8) is 0 Å². The molecule has 4 aliphatic carbocycles. The van der Waals surface area contributed by atoms with Gasteiger partial charge in [0.25, 0.3) is 0 Å². The second kappa shape index (κ2) is 8.87. The third-order valence-electron chi connectivity index (χ3n) is 11.7. The fourth-order valence-corrected chi connectivity index (χ4v) is 11.3. The van der Waals surface area contributed by atoms with E-state index in [0.29, 0.717) is 23.4 Å². The van der Waals surface area contributed by atoms with E-state index in [1.54, 1.807) is 0 Å². The number of nitrogens with zero attached hydrogens (tertiary/aromatic N) is 1. The number of esters is 1. The molecule has 2 aliphatic heterocycles. The molecule has 33 heavy (non-hydrogen) atoms. The molecule has 6 aliphatic rings. The van der Waals surface area contributed by atoms with Gasteiger partial charge in [-0.2, -0.15) is 11.8 Å². The van der Waals surface area contributed by atoms with Gasteiger partial charge in [-0.15, -0.1) is 0 Å². The van der Waals surface area contributed by atoms with Crippen molar-refractivity contribution in [2.45, 2.75) is 89.7 Å². The molecule has 8 atom stereocenters. The quantitative estimate of drug-likeness (QED) is 0.438. The van der Waals surface area contributed by atoms with Crippen molar-refractivity contribution in [2.24, 2.45) is 40.4 Å². The lowest BCUT2D eigenvalue weighted by molar-refractivity contribution is -0.135. The lowest BCUT2D eigenvalue weighted by atomic mass is 9.44. The van der Waals surface area contributed by atoms with E-state index in [1.807, 2.05) is 6.08 Å². The van der Waals surface area contributed by atoms with Gasteiger partial charge in [0.05, 0.1) is 0 Å². The number of fused-ring (bicyclic) bond motifs is 5. The fraction of sp³-hybridized carbons (Fsp3) is 0.897. The van der Waals surface area contributed by atoms with Crippen LogP contribution in [0.1, 0.15) is 84.5 Å². The summed E-state index contributed by atoms with van der Waals surface area (Å²) in [6.45, 7) is 9.87. The smallest absolute Gasteiger partial charge is 0.331 e. The van der Waals surface area contributed by atoms with E-state index < -0.39 is 0 Å². The van der Waals surface area contributed by atoms with Gasteiger partial charge in [0.1, 0.15) is 6.61 Å². The first-order valence-corrected chi connectivity index (χ1v) is 15.2. The van der Waals surface area contributed by atoms with Crippen molar-refractivity contribution in [1.29, 1.82) is 0 Å². The highest BCUT2D eigenvalue weighted by Gasteiger charge is 2.60. The van der Waals surface area contributed by atoms with Crippen LogP contribution in [0.4, 0.5) is 0 Å². The number of carbonyl (C=O) groups is 1. The molecule has 5 fully saturated rings. The summed E-state index contributed by atoms with van der Waals surface area (Å²) in [4.78, 5) is 14.4. The molecule has 2 heterocycles. The fourth-order valence-electron chi connectivity index (χ4n) is 9.92. The molecule has 0 amide bonds. The molecule has 0 aromatic carbocycles. The van der Waals surface area contributed by atoms with Crippen molar-refractivity contribution < 1.29 is 9.53 Å². The van der Waals surface area contributed by atoms with Crippen LogP contribution in [0.25, 0.3) is 0 Å². The third-order valence-corrected chi connectivity index (χ3v) is 13.0. The first-order valence-electron chi connectivity index (χ1n) is 14.2. The second-order valence-electron chi connectivity index (χ2n) is 13.0. The van der Waals surface area contributed by atoms with Gasteiger partial charge in [0, 0.05) is 23.6 Å². The van der Waals surface area contributed by atoms with Gasteiger partial charge in [-0.05, 0) is 130 Å². The van der Waals surface area contributed by atoms with Crippen LogP contribution in [0.15, 0.2) is 11.6 Å². The molecular weight excluding hydrogens is 426 g/mol. The van der Waals surface area contributed by atoms with Gasteiger partial charge in [-0.3, -0.25) is 0 Å². The summed E-state index contributed by atoms with van der Waals surface area (Å²) in [7, 11) is 0. The van der Waals surface area contributed by atoms with Crippen LogP contribution in [0.3, 0.4) is 0 Å². The summed E-state index contributed by atoms with van der Waals surface area (Å²) in [5.41, 5.74) is 2.29. The summed E-state index contributed by atoms with van der Waals surface area (Å²) in [6.07, 6.45) is 17.5. The molecule has 4 saturated carbocycles. The van der Waals surface area contributed by atoms with Gasteiger partial charge in [0.2, 0.25) is 0 Å². The summed E-state index contributed by atoms with van der Waals surface area (Å²) in [5, 5.41) is 0.916. The predicted octanol–water partition coefficient (Wildman–Crippen LogP) is 6.33. The summed E-state index contributed by atoms with van der Waals surface area (Å²) in [5.74, 6) is 5.53. The van der Waals surface area contributed by atoms with Crippen LogP contribution >= 0.6 is 11.8 Å². The minimum Gasteiger partial charge on any atom is -0.458 e. The van der Waals surface area contributed by atoms with Crippen LogP contribution in [0.5, 0.6) is 0 Å². The lowest BCUT2D eigenvalue weighted by Gasteiger charge is -2.61. The molecule has 6 rings (SSSR count). The summed E-state index contributed by atoms with van der Waals surface area (Å²) < 4.78 is 5.33. The maximum atomic E-state index is 11.8. The molecule has 0 unspecified atom stereocenters. The lowest BCUT2D eigenvalue weighted by Crippen LogP contribution is -2.53. The highest BCUT2D eigenvalue weighted by Crippen LogP contribution is 2.68. The summed E-state index contributed by atoms with van der Waals surface area (Å²) in [6, 6.07) is 0. The van der Waals surface area contributed by atoms with Crippen LogP contribution < -0.4 is 0 Å². The van der Waals surface area contributed by atoms with Gasteiger partial charge in [-0.1, -0.05) is 13.8 Å². The van der Waals surface area contributed by atoms with E-state index in [1.165, 1.54) is 102 Å². The molecule has 0 spiro atoms. The van der Waals surface area contributed by atoms with E-state index >= 15 is 0 Å². The zero-order valence-electron chi connectivity index (χ0n) is 21.0. The Hall–Kier alpha value is -0.480. The number of cyclic esters (lactones) is 1. The van der Waals surface area contributed by atoms with Crippen LogP contribution in [-0.2, 0) is 9.53 Å². The maximum Gasteiger partial charge on any atom is 0.331 e. The van der Waals surface area contributed by atoms with Crippen LogP contribution in [-0.4, -0.2) is 48.1 Å². The molecule has 0 aromatic rings. The zero-order valence-corrected chi connectivity index (χ0v) is 21.8. The summed E-state index contributed by atoms with van der Waals surface area (Å²) >= 11 is 2.31. The Morgan fingerprint density at radius 3 is 2.58 bits per heavy atom. The SMILES string of the molecule is C[C@]12CC[C@H](SCCN3CCCC3)C[C@H]1CC[C@@H]1[C@@H]2CC[C@]2(C)[C@@H](C3=CC(=O)OC3)CC[C@@H]12. The van der Waals surface area contributed by atoms with Crippen molar-refractivity contribution in [3.05, 3.63) is 11.6 Å². The monoisotopic (exact) mass is 471 g/mol. The standard InChI is InChI=1S/C29H45NO2S/c1-28-11-9-22(33-16-15-30-13-3-4-14-30)18-21(28)5-6-23-25-8-7-24(20-17-27(31)32-19-20)29(25,2)12-10-26(23)28/h17,21-26H,3-16,18-19H2,1-2H3/t21-,22+,23+,24-,25+,26+,28+,29-/m1/s1. The number of carbonyl (C=O) groups excluding carboxylic acids is 1. The number of thioether (sulfide) groups is 1. The first-order chi connectivity index (χ1) is 16.0. The topological polar surface area (TPSA) is 29.5 Å². The van der Waals surface area contributed by atoms with Gasteiger partial charge in [0.15, 0.2) is 0 Å². The number of rotatable bonds is 5. The number of likely N-dealkylation sites (tertiary alicyclic amines) is 1. The van der Waals surface area contributed by atoms with Crippen LogP contribution in [0.2, 0.25) is 0 Å². The Balaban J connectivity index is 1.10. The van der Waals surface area contributed by atoms with Crippen molar-refractivity contribution >= 4 is 17.7 Å². The number of hydrogen-bond donors (Lipinski definition) is 0. The Kier molecular flexibility index (Phi) is 6.17. The number of hydrogen-bond acceptors (Lipinski definition) is 4. The third kappa shape index (κ3) is 3.94. The Morgan fingerprint density at radius 2 is 1.79 bits per heavy atom. The van der Waals surface area contributed by atoms with E-state index in [-0.39, 0.29) is 5.97 Å². The highest BCUT2D eigenvalue weighted by atomic mass is 32.2. The van der Waals surface area contributed by atoms with E-state index in [9.17, 15) is 4.79 Å². The van der Waals surface area contributed by atoms with E-state index in [0.717, 1.165) is 28.9 Å². The Labute approximate surface area is 205 Å². The normalized spacial score (nSPS) is 47.6. The van der Waals surface area contributed by atoms with Gasteiger partial charge in [-0.25, -0.2) is 4.79 Å². The minimum absolute atomic E-state index is 0.103. The molecule has 184 valence electrons. The van der Waals surface area contributed by atoms with E-state index in [2.05, 4.69) is 30.5 Å². The molecule has 4 heteroatoms. The molecule has 0 bridgehead atoms. The Bertz CT molecular complexity index is 790. The number of ether oxygens (including phenoxy) is 1. The minimum atomic E-state index is -0.103. The molecule has 3 nitrogen and oxygen atoms in total. The van der Waals surface area contributed by atoms with Crippen molar-refractivity contribution in [1.82, 2.24) is 4.90 Å². The second-order valence-corrected chi connectivity index (χ2v) is 14.4. The van der Waals surface area contributed by atoms with Gasteiger partial charge < -0.3 is 9.64 Å². The highest BCUT2D eigenvalue weighted by molar-refractivity contribution is 7.99. The average molecular weight is 472 g/mol. The molecule has 0 N–H and O–H groups in total. The predicted molar refractivity (Wildman–Crippen MR) is 136 cm³/mol. The van der Waals surface area contributed by atoms with Crippen LogP contribution in [0, 0.1) is 40.4 Å². The maximum absolute atomic E-state index is 11.8. The molecule has 1 saturated heterocycles. The van der Waals surface area contributed by atoms with E-state index in [4.69, 9.17) is 4.74 Å². The zero-order chi connectivity index (χ0) is 22.6. The van der Waals surface area contributed by atoms with Crippen molar-refractivity contribution in [2.75, 3.05) is 32.0 Å². The molecule has 0 radical (unpaired) electrons. The largest absolute Gasteiger partial charge is 0.458 e. The molecule has 0 aromatic heterocycles. The first kappa shape index (κ1) is 23.0.